The van der Waals surface area contributed by atoms with Gasteiger partial charge in [0.25, 0.3) is 0 Å². The van der Waals surface area contributed by atoms with Gasteiger partial charge in [-0.1, -0.05) is 39.7 Å². The number of thioether (sulfide) groups is 1. The summed E-state index contributed by atoms with van der Waals surface area (Å²) < 4.78 is 2.81. The normalized spacial score (nSPS) is 11.6. The molecule has 138 valence electrons. The Bertz CT molecular complexity index is 985. The van der Waals surface area contributed by atoms with E-state index in [1.165, 1.54) is 0 Å². The summed E-state index contributed by atoms with van der Waals surface area (Å²) in [5.74, 6) is -0.341. The van der Waals surface area contributed by atoms with Crippen molar-refractivity contribution in [1.82, 2.24) is 14.8 Å². The molecule has 3 rings (SSSR count). The minimum atomic E-state index is -1.01. The van der Waals surface area contributed by atoms with Gasteiger partial charge in [0.2, 0.25) is 0 Å². The number of carbonyl (C=O) groups is 1. The van der Waals surface area contributed by atoms with Crippen LogP contribution < -0.4 is 0 Å². The van der Waals surface area contributed by atoms with E-state index in [2.05, 4.69) is 26.1 Å². The van der Waals surface area contributed by atoms with Gasteiger partial charge in [0, 0.05) is 21.6 Å². The Morgan fingerprint density at radius 3 is 2.44 bits per heavy atom. The summed E-state index contributed by atoms with van der Waals surface area (Å²) in [5, 5.41) is 19.2. The fourth-order valence-corrected chi connectivity index (χ4v) is 3.68. The zero-order valence-corrected chi connectivity index (χ0v) is 17.4. The van der Waals surface area contributed by atoms with Crippen LogP contribution >= 0.6 is 39.3 Å². The topological polar surface area (TPSA) is 68.0 Å². The van der Waals surface area contributed by atoms with Gasteiger partial charge in [-0.05, 0) is 66.7 Å². The molecule has 0 saturated heterocycles. The first kappa shape index (κ1) is 19.7. The number of aromatic nitrogens is 3. The van der Waals surface area contributed by atoms with E-state index in [0.29, 0.717) is 22.5 Å². The molecule has 3 aromatic rings. The number of carboxylic acids is 1. The molecule has 27 heavy (non-hydrogen) atoms. The summed E-state index contributed by atoms with van der Waals surface area (Å²) in [6.45, 7) is 2.57. The predicted octanol–water partition coefficient (Wildman–Crippen LogP) is 5.60. The summed E-state index contributed by atoms with van der Waals surface area (Å²) in [7, 11) is 0. The number of hydrogen-bond donors (Lipinski definition) is 1. The van der Waals surface area contributed by atoms with Crippen molar-refractivity contribution in [2.45, 2.75) is 18.6 Å². The Kier molecular flexibility index (Phi) is 6.36. The van der Waals surface area contributed by atoms with Crippen LogP contribution in [0.1, 0.15) is 12.5 Å². The van der Waals surface area contributed by atoms with Crippen LogP contribution in [-0.4, -0.2) is 25.8 Å². The van der Waals surface area contributed by atoms with Crippen molar-refractivity contribution in [3.8, 4) is 11.4 Å². The van der Waals surface area contributed by atoms with Crippen LogP contribution in [0.5, 0.6) is 0 Å². The first-order chi connectivity index (χ1) is 13.0. The molecule has 2 aromatic carbocycles. The third-order valence-corrected chi connectivity index (χ3v) is 5.49. The Balaban J connectivity index is 1.94. The van der Waals surface area contributed by atoms with Crippen molar-refractivity contribution in [2.24, 2.45) is 0 Å². The Labute approximate surface area is 174 Å². The van der Waals surface area contributed by atoms with Gasteiger partial charge in [-0.25, -0.2) is 4.79 Å². The van der Waals surface area contributed by atoms with Gasteiger partial charge in [-0.3, -0.25) is 0 Å². The minimum absolute atomic E-state index is 0.169. The van der Waals surface area contributed by atoms with E-state index >= 15 is 0 Å². The van der Waals surface area contributed by atoms with Gasteiger partial charge in [-0.2, -0.15) is 0 Å². The summed E-state index contributed by atoms with van der Waals surface area (Å²) >= 11 is 10.4. The third kappa shape index (κ3) is 4.80. The van der Waals surface area contributed by atoms with Crippen molar-refractivity contribution in [2.75, 3.05) is 0 Å². The molecule has 0 radical (unpaired) electrons. The molecule has 0 amide bonds. The Morgan fingerprint density at radius 1 is 1.19 bits per heavy atom. The number of benzene rings is 2. The van der Waals surface area contributed by atoms with Gasteiger partial charge in [0.1, 0.15) is 4.91 Å². The molecule has 0 unspecified atom stereocenters. The lowest BCUT2D eigenvalue weighted by atomic mass is 10.2. The highest BCUT2D eigenvalue weighted by Gasteiger charge is 2.18. The molecular weight excluding hydrogens is 450 g/mol. The largest absolute Gasteiger partial charge is 0.477 e. The minimum Gasteiger partial charge on any atom is -0.477 e. The Morgan fingerprint density at radius 2 is 1.85 bits per heavy atom. The maximum atomic E-state index is 11.7. The van der Waals surface area contributed by atoms with Gasteiger partial charge in [-0.15, -0.1) is 10.2 Å². The fourth-order valence-electron chi connectivity index (χ4n) is 2.41. The van der Waals surface area contributed by atoms with Crippen molar-refractivity contribution in [3.63, 3.8) is 0 Å². The molecule has 0 spiro atoms. The number of hydrogen-bond acceptors (Lipinski definition) is 4. The summed E-state index contributed by atoms with van der Waals surface area (Å²) in [5.41, 5.74) is 1.66. The average Bonchev–Trinajstić information content (AvgIpc) is 3.06. The summed E-state index contributed by atoms with van der Waals surface area (Å²) in [4.78, 5) is 11.9. The van der Waals surface area contributed by atoms with E-state index in [1.54, 1.807) is 18.2 Å². The second-order valence-electron chi connectivity index (χ2n) is 5.52. The summed E-state index contributed by atoms with van der Waals surface area (Å²) in [6.07, 6.45) is 1.62. The molecule has 0 aliphatic rings. The van der Waals surface area contributed by atoms with Gasteiger partial charge >= 0.3 is 5.97 Å². The first-order valence-corrected chi connectivity index (χ1v) is 10.0. The standard InChI is InChI=1S/C19H15BrClN3O2S/c1-2-24-17(13-5-9-15(21)10-6-13)22-23-19(24)27-16(18(25)26)11-12-3-7-14(20)8-4-12/h3-11H,2H2,1H3,(H,25,26)/b16-11-. The molecule has 1 aromatic heterocycles. The van der Waals surface area contributed by atoms with Crippen molar-refractivity contribution < 1.29 is 9.90 Å². The maximum absolute atomic E-state index is 11.7. The lowest BCUT2D eigenvalue weighted by Gasteiger charge is -2.08. The molecule has 0 aliphatic heterocycles. The van der Waals surface area contributed by atoms with Crippen molar-refractivity contribution in [3.05, 3.63) is 68.5 Å². The van der Waals surface area contributed by atoms with Crippen LogP contribution in [0.25, 0.3) is 17.5 Å². The Hall–Kier alpha value is -2.09. The molecule has 1 N–H and O–H groups in total. The average molecular weight is 465 g/mol. The molecule has 0 saturated carbocycles. The van der Waals surface area contributed by atoms with Crippen LogP contribution in [0.2, 0.25) is 5.02 Å². The molecule has 0 aliphatic carbocycles. The number of halogens is 2. The molecule has 0 bridgehead atoms. The molecule has 0 atom stereocenters. The van der Waals surface area contributed by atoms with Crippen molar-refractivity contribution >= 4 is 51.3 Å². The van der Waals surface area contributed by atoms with E-state index in [4.69, 9.17) is 11.6 Å². The smallest absolute Gasteiger partial charge is 0.342 e. The monoisotopic (exact) mass is 463 g/mol. The lowest BCUT2D eigenvalue weighted by Crippen LogP contribution is -2.02. The van der Waals surface area contributed by atoms with Crippen LogP contribution in [0, 0.1) is 0 Å². The highest BCUT2D eigenvalue weighted by Crippen LogP contribution is 2.31. The van der Waals surface area contributed by atoms with Crippen LogP contribution in [0.3, 0.4) is 0 Å². The number of rotatable bonds is 6. The number of carboxylic acid groups (broad SMARTS) is 1. The van der Waals surface area contributed by atoms with E-state index in [1.807, 2.05) is 47.9 Å². The molecule has 1 heterocycles. The van der Waals surface area contributed by atoms with Gasteiger partial charge in [0.05, 0.1) is 0 Å². The van der Waals surface area contributed by atoms with Gasteiger partial charge < -0.3 is 9.67 Å². The zero-order chi connectivity index (χ0) is 19.4. The molecule has 0 fully saturated rings. The molecular formula is C19H15BrClN3O2S. The summed E-state index contributed by atoms with van der Waals surface area (Å²) in [6, 6.07) is 14.7. The predicted molar refractivity (Wildman–Crippen MR) is 112 cm³/mol. The first-order valence-electron chi connectivity index (χ1n) is 8.05. The van der Waals surface area contributed by atoms with Crippen LogP contribution in [-0.2, 0) is 11.3 Å². The second kappa shape index (κ2) is 8.73. The van der Waals surface area contributed by atoms with Crippen LogP contribution in [0.4, 0.5) is 0 Å². The fraction of sp³-hybridized carbons (Fsp3) is 0.105. The molecule has 5 nitrogen and oxygen atoms in total. The maximum Gasteiger partial charge on any atom is 0.342 e. The lowest BCUT2D eigenvalue weighted by molar-refractivity contribution is -0.131. The molecule has 8 heteroatoms. The van der Waals surface area contributed by atoms with Crippen molar-refractivity contribution in [1.29, 1.82) is 0 Å². The quantitative estimate of drug-likeness (QED) is 0.380. The van der Waals surface area contributed by atoms with E-state index in [9.17, 15) is 9.90 Å². The number of aliphatic carboxylic acids is 1. The number of nitrogens with zero attached hydrogens (tertiary/aromatic N) is 3. The SMILES string of the molecule is CCn1c(S/C(=C\c2ccc(Br)cc2)C(=O)O)nnc1-c1ccc(Cl)cc1. The van der Waals surface area contributed by atoms with Gasteiger partial charge in [0.15, 0.2) is 11.0 Å². The second-order valence-corrected chi connectivity index (χ2v) is 7.89. The van der Waals surface area contributed by atoms with E-state index in [-0.39, 0.29) is 4.91 Å². The van der Waals surface area contributed by atoms with E-state index < -0.39 is 5.97 Å². The van der Waals surface area contributed by atoms with E-state index in [0.717, 1.165) is 27.4 Å². The van der Waals surface area contributed by atoms with Crippen LogP contribution in [0.15, 0.2) is 63.1 Å². The zero-order valence-electron chi connectivity index (χ0n) is 14.3. The third-order valence-electron chi connectivity index (χ3n) is 3.72. The highest BCUT2D eigenvalue weighted by atomic mass is 79.9. The highest BCUT2D eigenvalue weighted by molar-refractivity contribution is 9.10.